The number of hydrogen-bond acceptors (Lipinski definition) is 2. The molecule has 1 atom stereocenters. The highest BCUT2D eigenvalue weighted by Crippen LogP contribution is 2.28. The molecule has 0 unspecified atom stereocenters. The molecule has 0 aliphatic heterocycles. The maximum Gasteiger partial charge on any atom is 0.461 e. The summed E-state index contributed by atoms with van der Waals surface area (Å²) in [5.41, 5.74) is 6.45. The zero-order chi connectivity index (χ0) is 13.1. The Balaban J connectivity index is 2.75. The minimum absolute atomic E-state index is 0.209. The number of nitrogens with two attached hydrogens (primary N) is 1. The van der Waals surface area contributed by atoms with Crippen LogP contribution in [0.4, 0.5) is 17.6 Å². The van der Waals surface area contributed by atoms with E-state index in [2.05, 4.69) is 4.74 Å². The first-order valence-corrected chi connectivity index (χ1v) is 5.07. The van der Waals surface area contributed by atoms with Crippen LogP contribution in [0.25, 0.3) is 0 Å². The lowest BCUT2D eigenvalue weighted by atomic mass is 10.1. The average molecular weight is 251 g/mol. The Morgan fingerprint density at radius 3 is 2.18 bits per heavy atom. The zero-order valence-corrected chi connectivity index (χ0v) is 9.17. The van der Waals surface area contributed by atoms with Gasteiger partial charge in [-0.3, -0.25) is 0 Å². The summed E-state index contributed by atoms with van der Waals surface area (Å²) >= 11 is 0. The van der Waals surface area contributed by atoms with Gasteiger partial charge >= 0.3 is 12.5 Å². The number of benzene rings is 1. The molecule has 0 aromatic heterocycles. The van der Waals surface area contributed by atoms with Crippen LogP contribution in [0.5, 0.6) is 5.75 Å². The Labute approximate surface area is 96.4 Å². The molecule has 1 aromatic carbocycles. The minimum Gasteiger partial charge on any atom is -0.428 e. The van der Waals surface area contributed by atoms with Gasteiger partial charge in [0.1, 0.15) is 5.75 Å². The number of ether oxygens (including phenoxy) is 1. The van der Waals surface area contributed by atoms with E-state index in [1.807, 2.05) is 6.92 Å². The van der Waals surface area contributed by atoms with Crippen LogP contribution < -0.4 is 10.5 Å². The summed E-state index contributed by atoms with van der Waals surface area (Å²) in [5.74, 6) is -0.317. The second kappa shape index (κ2) is 5.35. The second-order valence-corrected chi connectivity index (χ2v) is 3.55. The molecule has 0 aliphatic rings. The van der Waals surface area contributed by atoms with Crippen molar-refractivity contribution in [2.24, 2.45) is 5.73 Å². The van der Waals surface area contributed by atoms with Gasteiger partial charge in [-0.1, -0.05) is 19.1 Å². The van der Waals surface area contributed by atoms with E-state index in [0.717, 1.165) is 5.56 Å². The second-order valence-electron chi connectivity index (χ2n) is 3.55. The number of hydrogen-bond donors (Lipinski definition) is 1. The molecule has 6 heteroatoms. The Hall–Kier alpha value is -1.30. The molecule has 0 bridgehead atoms. The summed E-state index contributed by atoms with van der Waals surface area (Å²) in [6, 6.07) is 5.14. The molecule has 0 aliphatic carbocycles. The fourth-order valence-electron chi connectivity index (χ4n) is 1.22. The molecule has 0 radical (unpaired) electrons. The smallest absolute Gasteiger partial charge is 0.428 e. The third kappa shape index (κ3) is 3.59. The Kier molecular flexibility index (Phi) is 4.34. The SMILES string of the molecule is CC[C@@H](N)c1ccc(OC(F)(F)C(F)F)cc1. The van der Waals surface area contributed by atoms with Gasteiger partial charge in [0.25, 0.3) is 0 Å². The van der Waals surface area contributed by atoms with Crippen molar-refractivity contribution < 1.29 is 22.3 Å². The van der Waals surface area contributed by atoms with Crippen LogP contribution in [0.15, 0.2) is 24.3 Å². The summed E-state index contributed by atoms with van der Waals surface area (Å²) in [6.07, 6.45) is -7.65. The van der Waals surface area contributed by atoms with Gasteiger partial charge < -0.3 is 10.5 Å². The standard InChI is InChI=1S/C11H13F4NO/c1-2-9(16)7-3-5-8(6-4-7)17-11(14,15)10(12)13/h3-6,9-10H,2,16H2,1H3/t9-/m1/s1. The Morgan fingerprint density at radius 2 is 1.76 bits per heavy atom. The highest BCUT2D eigenvalue weighted by atomic mass is 19.3. The van der Waals surface area contributed by atoms with E-state index in [-0.39, 0.29) is 11.8 Å². The molecule has 2 nitrogen and oxygen atoms in total. The van der Waals surface area contributed by atoms with E-state index in [4.69, 9.17) is 5.73 Å². The largest absolute Gasteiger partial charge is 0.461 e. The summed E-state index contributed by atoms with van der Waals surface area (Å²) in [7, 11) is 0. The minimum atomic E-state index is -4.48. The lowest BCUT2D eigenvalue weighted by Gasteiger charge is -2.17. The number of alkyl halides is 4. The summed E-state index contributed by atoms with van der Waals surface area (Å²) in [5, 5.41) is 0. The number of rotatable bonds is 5. The molecule has 17 heavy (non-hydrogen) atoms. The van der Waals surface area contributed by atoms with Crippen LogP contribution in [-0.2, 0) is 0 Å². The summed E-state index contributed by atoms with van der Waals surface area (Å²) in [6.45, 7) is 1.88. The fourth-order valence-corrected chi connectivity index (χ4v) is 1.22. The van der Waals surface area contributed by atoms with Gasteiger partial charge in [-0.2, -0.15) is 17.6 Å². The highest BCUT2D eigenvalue weighted by Gasteiger charge is 2.43. The molecule has 0 spiro atoms. The zero-order valence-electron chi connectivity index (χ0n) is 9.17. The van der Waals surface area contributed by atoms with Crippen LogP contribution in [-0.4, -0.2) is 12.5 Å². The Bertz CT molecular complexity index is 353. The van der Waals surface area contributed by atoms with Gasteiger partial charge in [-0.25, -0.2) is 0 Å². The first-order chi connectivity index (χ1) is 7.86. The third-order valence-corrected chi connectivity index (χ3v) is 2.26. The van der Waals surface area contributed by atoms with Crippen LogP contribution in [0.1, 0.15) is 24.9 Å². The molecule has 1 rings (SSSR count). The molecule has 0 heterocycles. The maximum atomic E-state index is 12.6. The highest BCUT2D eigenvalue weighted by molar-refractivity contribution is 5.29. The summed E-state index contributed by atoms with van der Waals surface area (Å²) < 4.78 is 52.8. The van der Waals surface area contributed by atoms with Gasteiger partial charge in [0.2, 0.25) is 0 Å². The topological polar surface area (TPSA) is 35.2 Å². The first-order valence-electron chi connectivity index (χ1n) is 5.07. The van der Waals surface area contributed by atoms with Gasteiger partial charge in [0, 0.05) is 6.04 Å². The van der Waals surface area contributed by atoms with Gasteiger partial charge in [0.15, 0.2) is 0 Å². The molecule has 0 saturated carbocycles. The van der Waals surface area contributed by atoms with E-state index in [9.17, 15) is 17.6 Å². The molecular formula is C11H13F4NO. The van der Waals surface area contributed by atoms with E-state index in [1.54, 1.807) is 0 Å². The average Bonchev–Trinajstić information content (AvgIpc) is 2.28. The third-order valence-electron chi connectivity index (χ3n) is 2.26. The molecule has 96 valence electrons. The van der Waals surface area contributed by atoms with Crippen molar-refractivity contribution >= 4 is 0 Å². The van der Waals surface area contributed by atoms with Gasteiger partial charge in [0.05, 0.1) is 0 Å². The van der Waals surface area contributed by atoms with Gasteiger partial charge in [-0.05, 0) is 24.1 Å². The quantitative estimate of drug-likeness (QED) is 0.814. The van der Waals surface area contributed by atoms with Crippen molar-refractivity contribution in [3.05, 3.63) is 29.8 Å². The predicted molar refractivity (Wildman–Crippen MR) is 55.2 cm³/mol. The maximum absolute atomic E-state index is 12.6. The molecule has 2 N–H and O–H groups in total. The number of halogens is 4. The molecule has 1 aromatic rings. The van der Waals surface area contributed by atoms with Crippen LogP contribution in [0.2, 0.25) is 0 Å². The normalized spacial score (nSPS) is 13.8. The van der Waals surface area contributed by atoms with Crippen molar-refractivity contribution in [1.82, 2.24) is 0 Å². The monoisotopic (exact) mass is 251 g/mol. The lowest BCUT2D eigenvalue weighted by Crippen LogP contribution is -2.33. The fraction of sp³-hybridized carbons (Fsp3) is 0.455. The van der Waals surface area contributed by atoms with E-state index in [1.165, 1.54) is 24.3 Å². The molecule has 0 fully saturated rings. The first kappa shape index (κ1) is 13.8. The van der Waals surface area contributed by atoms with Crippen LogP contribution in [0, 0.1) is 0 Å². The van der Waals surface area contributed by atoms with Gasteiger partial charge in [-0.15, -0.1) is 0 Å². The van der Waals surface area contributed by atoms with Crippen LogP contribution >= 0.6 is 0 Å². The summed E-state index contributed by atoms with van der Waals surface area (Å²) in [4.78, 5) is 0. The molecule has 0 amide bonds. The molecular weight excluding hydrogens is 238 g/mol. The Morgan fingerprint density at radius 1 is 1.24 bits per heavy atom. The van der Waals surface area contributed by atoms with Crippen molar-refractivity contribution in [2.75, 3.05) is 0 Å². The van der Waals surface area contributed by atoms with Crippen molar-refractivity contribution in [3.63, 3.8) is 0 Å². The predicted octanol–water partition coefficient (Wildman–Crippen LogP) is 3.33. The van der Waals surface area contributed by atoms with Crippen molar-refractivity contribution in [1.29, 1.82) is 0 Å². The van der Waals surface area contributed by atoms with E-state index >= 15 is 0 Å². The lowest BCUT2D eigenvalue weighted by molar-refractivity contribution is -0.253. The molecule has 0 saturated heterocycles. The van der Waals surface area contributed by atoms with E-state index in [0.29, 0.717) is 6.42 Å². The van der Waals surface area contributed by atoms with E-state index < -0.39 is 12.5 Å². The van der Waals surface area contributed by atoms with Crippen LogP contribution in [0.3, 0.4) is 0 Å². The van der Waals surface area contributed by atoms with Crippen molar-refractivity contribution in [2.45, 2.75) is 31.9 Å². The van der Waals surface area contributed by atoms with Crippen molar-refractivity contribution in [3.8, 4) is 5.75 Å².